The Morgan fingerprint density at radius 3 is 2.56 bits per heavy atom. The molecule has 0 aliphatic carbocycles. The number of aromatic nitrogens is 3. The Morgan fingerprint density at radius 1 is 1.06 bits per heavy atom. The average Bonchev–Trinajstić information content (AvgIpc) is 3.27. The predicted molar refractivity (Wildman–Crippen MR) is 141 cm³/mol. The Balaban J connectivity index is 1.67. The molecule has 0 unspecified atom stereocenters. The van der Waals surface area contributed by atoms with E-state index in [4.69, 9.17) is 21.8 Å². The van der Waals surface area contributed by atoms with Gasteiger partial charge in [0, 0.05) is 28.3 Å². The number of rotatable bonds is 5. The molecule has 0 saturated carbocycles. The first-order chi connectivity index (χ1) is 17.0. The van der Waals surface area contributed by atoms with Crippen LogP contribution in [0.25, 0.3) is 34.2 Å². The lowest BCUT2D eigenvalue weighted by atomic mass is 9.95. The number of halogens is 1. The number of hydroxylamine groups is 1. The maximum absolute atomic E-state index is 12.5. The van der Waals surface area contributed by atoms with Crippen LogP contribution in [0.4, 0.5) is 5.69 Å². The Labute approximate surface area is 213 Å². The summed E-state index contributed by atoms with van der Waals surface area (Å²) in [6.07, 6.45) is 4.60. The number of amides is 2. The lowest BCUT2D eigenvalue weighted by Crippen LogP contribution is -2.27. The molecule has 3 N–H and O–H groups in total. The second-order valence-electron chi connectivity index (χ2n) is 9.43. The molecular weight excluding hydrogens is 478 g/mol. The highest BCUT2D eigenvalue weighted by Gasteiger charge is 2.22. The second kappa shape index (κ2) is 9.93. The first-order valence-electron chi connectivity index (χ1n) is 11.3. The minimum atomic E-state index is -0.630. The van der Waals surface area contributed by atoms with Crippen LogP contribution in [0.3, 0.4) is 0 Å². The Kier molecular flexibility index (Phi) is 6.92. The minimum absolute atomic E-state index is 0.0602. The van der Waals surface area contributed by atoms with Gasteiger partial charge >= 0.3 is 0 Å². The van der Waals surface area contributed by atoms with Gasteiger partial charge in [0.05, 0.1) is 22.6 Å². The van der Waals surface area contributed by atoms with Gasteiger partial charge in [-0.15, -0.1) is 0 Å². The van der Waals surface area contributed by atoms with Crippen molar-refractivity contribution in [3.8, 4) is 22.5 Å². The third kappa shape index (κ3) is 5.45. The number of aryl methyl sites for hydroxylation is 1. The van der Waals surface area contributed by atoms with Crippen LogP contribution in [-0.2, 0) is 9.59 Å². The van der Waals surface area contributed by atoms with Crippen LogP contribution < -0.4 is 10.8 Å². The summed E-state index contributed by atoms with van der Waals surface area (Å²) in [6.45, 7) is 7.56. The van der Waals surface area contributed by atoms with Gasteiger partial charge in [-0.1, -0.05) is 50.6 Å². The van der Waals surface area contributed by atoms with E-state index in [-0.39, 0.29) is 5.91 Å². The zero-order valence-electron chi connectivity index (χ0n) is 20.3. The van der Waals surface area contributed by atoms with Gasteiger partial charge in [-0.3, -0.25) is 14.8 Å². The summed E-state index contributed by atoms with van der Waals surface area (Å²) in [5.74, 6) is -0.691. The molecule has 2 aromatic carbocycles. The molecule has 2 amide bonds. The van der Waals surface area contributed by atoms with Gasteiger partial charge in [0.15, 0.2) is 5.65 Å². The van der Waals surface area contributed by atoms with Crippen molar-refractivity contribution in [1.82, 2.24) is 20.1 Å². The van der Waals surface area contributed by atoms with E-state index < -0.39 is 11.3 Å². The molecule has 2 aromatic heterocycles. The fourth-order valence-corrected chi connectivity index (χ4v) is 3.66. The lowest BCUT2D eigenvalue weighted by molar-refractivity contribution is -0.124. The lowest BCUT2D eigenvalue weighted by Gasteiger charge is -2.19. The van der Waals surface area contributed by atoms with E-state index >= 15 is 0 Å². The molecule has 0 radical (unpaired) electrons. The second-order valence-corrected chi connectivity index (χ2v) is 9.84. The van der Waals surface area contributed by atoms with Crippen LogP contribution in [0, 0.1) is 12.3 Å². The molecule has 9 heteroatoms. The Hall–Kier alpha value is -4.01. The summed E-state index contributed by atoms with van der Waals surface area (Å²) in [4.78, 5) is 28.5. The third-order valence-electron chi connectivity index (χ3n) is 5.59. The van der Waals surface area contributed by atoms with Crippen molar-refractivity contribution >= 4 is 40.8 Å². The first kappa shape index (κ1) is 25.1. The highest BCUT2D eigenvalue weighted by atomic mass is 35.5. The number of hydrogen-bond donors (Lipinski definition) is 3. The van der Waals surface area contributed by atoms with Crippen molar-refractivity contribution in [2.24, 2.45) is 5.41 Å². The monoisotopic (exact) mass is 503 g/mol. The van der Waals surface area contributed by atoms with Gasteiger partial charge in [0.1, 0.15) is 0 Å². The highest BCUT2D eigenvalue weighted by molar-refractivity contribution is 6.33. The fraction of sp³-hybridized carbons (Fsp3) is 0.185. The maximum Gasteiger partial charge on any atom is 0.267 e. The molecule has 0 aliphatic rings. The molecule has 4 aromatic rings. The first-order valence-corrected chi connectivity index (χ1v) is 11.6. The number of benzene rings is 2. The molecule has 8 nitrogen and oxygen atoms in total. The summed E-state index contributed by atoms with van der Waals surface area (Å²) in [6, 6.07) is 14.8. The zero-order chi connectivity index (χ0) is 26.0. The Bertz CT molecular complexity index is 1500. The van der Waals surface area contributed by atoms with E-state index in [1.807, 2.05) is 64.2 Å². The molecule has 0 atom stereocenters. The topological polar surface area (TPSA) is 109 Å². The van der Waals surface area contributed by atoms with Gasteiger partial charge in [-0.25, -0.2) is 15.0 Å². The average molecular weight is 504 g/mol. The molecule has 0 saturated heterocycles. The van der Waals surface area contributed by atoms with E-state index in [2.05, 4.69) is 10.4 Å². The number of carbonyl (C=O) groups is 2. The van der Waals surface area contributed by atoms with Gasteiger partial charge in [0.2, 0.25) is 5.91 Å². The van der Waals surface area contributed by atoms with Crippen LogP contribution in [0.15, 0.2) is 60.8 Å². The van der Waals surface area contributed by atoms with Gasteiger partial charge in [-0.2, -0.15) is 5.10 Å². The van der Waals surface area contributed by atoms with E-state index in [1.54, 1.807) is 34.3 Å². The van der Waals surface area contributed by atoms with Crippen molar-refractivity contribution in [2.45, 2.75) is 27.7 Å². The molecular formula is C27H26ClN5O3. The van der Waals surface area contributed by atoms with E-state index in [0.29, 0.717) is 27.6 Å². The molecule has 0 spiro atoms. The quantitative estimate of drug-likeness (QED) is 0.188. The van der Waals surface area contributed by atoms with Crippen LogP contribution in [0.1, 0.15) is 31.9 Å². The van der Waals surface area contributed by atoms with Gasteiger partial charge in [0.25, 0.3) is 5.91 Å². The van der Waals surface area contributed by atoms with E-state index in [0.717, 1.165) is 22.4 Å². The van der Waals surface area contributed by atoms with E-state index in [9.17, 15) is 9.59 Å². The molecule has 0 bridgehead atoms. The fourth-order valence-electron chi connectivity index (χ4n) is 3.44. The highest BCUT2D eigenvalue weighted by Crippen LogP contribution is 2.30. The van der Waals surface area contributed by atoms with Crippen molar-refractivity contribution in [3.63, 3.8) is 0 Å². The van der Waals surface area contributed by atoms with Crippen LogP contribution in [-0.4, -0.2) is 31.6 Å². The van der Waals surface area contributed by atoms with Crippen LogP contribution in [0.5, 0.6) is 0 Å². The van der Waals surface area contributed by atoms with Crippen molar-refractivity contribution in [1.29, 1.82) is 0 Å². The van der Waals surface area contributed by atoms with E-state index in [1.165, 1.54) is 6.08 Å². The SMILES string of the molecule is Cc1ccc(-c2cn3nc(-c4cc(C=CC(=O)NO)ccc4Cl)ccc3n2)cc1NC(=O)C(C)(C)C. The summed E-state index contributed by atoms with van der Waals surface area (Å²) in [7, 11) is 0. The van der Waals surface area contributed by atoms with Crippen LogP contribution in [0.2, 0.25) is 5.02 Å². The Morgan fingerprint density at radius 2 is 1.83 bits per heavy atom. The molecule has 4 rings (SSSR count). The van der Waals surface area contributed by atoms with Gasteiger partial charge in [-0.05, 0) is 54.5 Å². The number of hydrogen-bond acceptors (Lipinski definition) is 5. The van der Waals surface area contributed by atoms with Crippen LogP contribution >= 0.6 is 11.6 Å². The number of nitrogens with one attached hydrogen (secondary N) is 2. The number of fused-ring (bicyclic) bond motifs is 1. The molecule has 0 fully saturated rings. The minimum Gasteiger partial charge on any atom is -0.325 e. The number of nitrogens with zero attached hydrogens (tertiary/aromatic N) is 3. The largest absolute Gasteiger partial charge is 0.325 e. The molecule has 2 heterocycles. The summed E-state index contributed by atoms with van der Waals surface area (Å²) >= 11 is 6.44. The molecule has 36 heavy (non-hydrogen) atoms. The standard InChI is InChI=1S/C27H26ClN5O3/c1-16-5-8-18(14-22(16)30-26(35)27(2,3)4)23-15-33-24(29-23)11-10-21(31-33)19-13-17(6-9-20(19)28)7-12-25(34)32-36/h5-15,36H,1-4H3,(H,30,35)(H,32,34). The van der Waals surface area contributed by atoms with Gasteiger partial charge < -0.3 is 5.32 Å². The zero-order valence-corrected chi connectivity index (χ0v) is 21.1. The number of carbonyl (C=O) groups excluding carboxylic acids is 2. The smallest absolute Gasteiger partial charge is 0.267 e. The number of imidazole rings is 1. The summed E-state index contributed by atoms with van der Waals surface area (Å²) in [5, 5.41) is 16.9. The summed E-state index contributed by atoms with van der Waals surface area (Å²) in [5.41, 5.74) is 6.99. The predicted octanol–water partition coefficient (Wildman–Crippen LogP) is 5.53. The van der Waals surface area contributed by atoms with Crippen molar-refractivity contribution in [2.75, 3.05) is 5.32 Å². The molecule has 184 valence electrons. The van der Waals surface area contributed by atoms with Crippen molar-refractivity contribution < 1.29 is 14.8 Å². The summed E-state index contributed by atoms with van der Waals surface area (Å²) < 4.78 is 1.68. The maximum atomic E-state index is 12.5. The number of anilines is 1. The molecule has 0 aliphatic heterocycles. The van der Waals surface area contributed by atoms with Crippen molar-refractivity contribution in [3.05, 3.63) is 77.0 Å². The third-order valence-corrected chi connectivity index (χ3v) is 5.92. The normalized spacial score (nSPS) is 11.7.